The fourth-order valence-corrected chi connectivity index (χ4v) is 2.94. The summed E-state index contributed by atoms with van der Waals surface area (Å²) < 4.78 is 5.69. The number of hydrogen-bond donors (Lipinski definition) is 0. The highest BCUT2D eigenvalue weighted by Gasteiger charge is 2.11. The van der Waals surface area contributed by atoms with Gasteiger partial charge in [0.25, 0.3) is 0 Å². The molecule has 110 valence electrons. The third-order valence-electron chi connectivity index (χ3n) is 3.36. The van der Waals surface area contributed by atoms with E-state index in [4.69, 9.17) is 10.00 Å². The minimum Gasteiger partial charge on any atom is -0.494 e. The third kappa shape index (κ3) is 5.85. The molecule has 1 unspecified atom stereocenters. The standard InChI is InChI=1S/C16H24N2OS/c1-4-15(13-20-3)18(2)10-5-11-19-16-8-6-14(12-17)7-9-16/h6-9,15H,4-5,10-11,13H2,1-3H3. The van der Waals surface area contributed by atoms with Crippen LogP contribution < -0.4 is 4.74 Å². The summed E-state index contributed by atoms with van der Waals surface area (Å²) in [5.74, 6) is 2.02. The van der Waals surface area contributed by atoms with Crippen molar-refractivity contribution in [1.29, 1.82) is 5.26 Å². The smallest absolute Gasteiger partial charge is 0.119 e. The molecule has 0 fully saturated rings. The van der Waals surface area contributed by atoms with E-state index in [-0.39, 0.29) is 0 Å². The molecule has 0 aromatic heterocycles. The quantitative estimate of drug-likeness (QED) is 0.654. The minimum atomic E-state index is 0.653. The molecule has 4 heteroatoms. The molecule has 0 spiro atoms. The summed E-state index contributed by atoms with van der Waals surface area (Å²) in [6.07, 6.45) is 4.36. The first-order chi connectivity index (χ1) is 9.71. The molecule has 1 aromatic carbocycles. The largest absolute Gasteiger partial charge is 0.494 e. The maximum atomic E-state index is 8.72. The normalized spacial score (nSPS) is 12.2. The zero-order chi connectivity index (χ0) is 14.8. The zero-order valence-electron chi connectivity index (χ0n) is 12.6. The monoisotopic (exact) mass is 292 g/mol. The van der Waals surface area contributed by atoms with Gasteiger partial charge in [0, 0.05) is 18.3 Å². The molecular weight excluding hydrogens is 268 g/mol. The Balaban J connectivity index is 2.25. The van der Waals surface area contributed by atoms with Gasteiger partial charge in [-0.15, -0.1) is 0 Å². The van der Waals surface area contributed by atoms with Crippen molar-refractivity contribution in [2.75, 3.05) is 32.2 Å². The fraction of sp³-hybridized carbons (Fsp3) is 0.562. The van der Waals surface area contributed by atoms with Gasteiger partial charge in [-0.3, -0.25) is 0 Å². The van der Waals surface area contributed by atoms with Crippen molar-refractivity contribution in [2.45, 2.75) is 25.8 Å². The van der Waals surface area contributed by atoms with Crippen LogP contribution in [0.1, 0.15) is 25.3 Å². The van der Waals surface area contributed by atoms with Gasteiger partial charge < -0.3 is 9.64 Å². The first-order valence-electron chi connectivity index (χ1n) is 7.03. The van der Waals surface area contributed by atoms with E-state index in [0.717, 1.165) is 18.7 Å². The number of benzene rings is 1. The van der Waals surface area contributed by atoms with Gasteiger partial charge in [0.05, 0.1) is 18.2 Å². The summed E-state index contributed by atoms with van der Waals surface area (Å²) in [4.78, 5) is 2.42. The lowest BCUT2D eigenvalue weighted by molar-refractivity contribution is 0.223. The molecule has 0 bridgehead atoms. The number of thioether (sulfide) groups is 1. The highest BCUT2D eigenvalue weighted by Crippen LogP contribution is 2.12. The van der Waals surface area contributed by atoms with Crippen LogP contribution in [0.5, 0.6) is 5.75 Å². The second kappa shape index (κ2) is 9.68. The number of ether oxygens (including phenoxy) is 1. The van der Waals surface area contributed by atoms with Crippen molar-refractivity contribution < 1.29 is 4.74 Å². The molecule has 1 atom stereocenters. The molecular formula is C16H24N2OS. The van der Waals surface area contributed by atoms with Crippen LogP contribution in [0.3, 0.4) is 0 Å². The molecule has 0 aliphatic rings. The van der Waals surface area contributed by atoms with E-state index in [1.54, 1.807) is 12.1 Å². The molecule has 1 aromatic rings. The number of nitrogens with zero attached hydrogens (tertiary/aromatic N) is 2. The van der Waals surface area contributed by atoms with E-state index in [9.17, 15) is 0 Å². The predicted molar refractivity (Wildman–Crippen MR) is 86.4 cm³/mol. The van der Waals surface area contributed by atoms with E-state index in [2.05, 4.69) is 31.2 Å². The van der Waals surface area contributed by atoms with Crippen LogP contribution >= 0.6 is 11.8 Å². The Morgan fingerprint density at radius 3 is 2.60 bits per heavy atom. The fourth-order valence-electron chi connectivity index (χ4n) is 2.06. The van der Waals surface area contributed by atoms with Crippen molar-refractivity contribution >= 4 is 11.8 Å². The van der Waals surface area contributed by atoms with E-state index in [1.165, 1.54) is 12.2 Å². The average molecular weight is 292 g/mol. The van der Waals surface area contributed by atoms with E-state index >= 15 is 0 Å². The van der Waals surface area contributed by atoms with Crippen molar-refractivity contribution in [3.63, 3.8) is 0 Å². The van der Waals surface area contributed by atoms with Crippen LogP contribution in [0.2, 0.25) is 0 Å². The van der Waals surface area contributed by atoms with Gasteiger partial charge in [0.1, 0.15) is 5.75 Å². The molecule has 0 heterocycles. The summed E-state index contributed by atoms with van der Waals surface area (Å²) in [5, 5.41) is 8.72. The maximum Gasteiger partial charge on any atom is 0.119 e. The van der Waals surface area contributed by atoms with Gasteiger partial charge in [-0.2, -0.15) is 17.0 Å². The third-order valence-corrected chi connectivity index (χ3v) is 4.08. The highest BCUT2D eigenvalue weighted by molar-refractivity contribution is 7.98. The Bertz CT molecular complexity index is 413. The van der Waals surface area contributed by atoms with Gasteiger partial charge >= 0.3 is 0 Å². The molecule has 3 nitrogen and oxygen atoms in total. The van der Waals surface area contributed by atoms with E-state index in [0.29, 0.717) is 18.2 Å². The lowest BCUT2D eigenvalue weighted by atomic mass is 10.2. The Hall–Kier alpha value is -1.18. The Labute approximate surface area is 126 Å². The lowest BCUT2D eigenvalue weighted by Crippen LogP contribution is -2.34. The van der Waals surface area contributed by atoms with Crippen LogP contribution in [-0.2, 0) is 0 Å². The first-order valence-corrected chi connectivity index (χ1v) is 8.42. The first kappa shape index (κ1) is 16.9. The van der Waals surface area contributed by atoms with Crippen molar-refractivity contribution in [1.82, 2.24) is 4.90 Å². The van der Waals surface area contributed by atoms with Gasteiger partial charge in [-0.05, 0) is 50.4 Å². The maximum absolute atomic E-state index is 8.72. The van der Waals surface area contributed by atoms with Crippen molar-refractivity contribution in [3.05, 3.63) is 29.8 Å². The molecule has 1 rings (SSSR count). The topological polar surface area (TPSA) is 36.3 Å². The van der Waals surface area contributed by atoms with Crippen LogP contribution in [0.4, 0.5) is 0 Å². The Morgan fingerprint density at radius 1 is 1.35 bits per heavy atom. The molecule has 0 amide bonds. The molecule has 0 saturated heterocycles. The Morgan fingerprint density at radius 2 is 2.05 bits per heavy atom. The predicted octanol–water partition coefficient (Wildman–Crippen LogP) is 3.40. The summed E-state index contributed by atoms with van der Waals surface area (Å²) in [5.41, 5.74) is 0.667. The molecule has 20 heavy (non-hydrogen) atoms. The number of rotatable bonds is 9. The van der Waals surface area contributed by atoms with Crippen LogP contribution in [-0.4, -0.2) is 43.1 Å². The second-order valence-corrected chi connectivity index (χ2v) is 5.75. The average Bonchev–Trinajstić information content (AvgIpc) is 2.49. The van der Waals surface area contributed by atoms with Gasteiger partial charge in [0.15, 0.2) is 0 Å². The van der Waals surface area contributed by atoms with Gasteiger partial charge in [-0.25, -0.2) is 0 Å². The van der Waals surface area contributed by atoms with Crippen LogP contribution in [0.25, 0.3) is 0 Å². The molecule has 0 radical (unpaired) electrons. The summed E-state index contributed by atoms with van der Waals surface area (Å²) in [6, 6.07) is 10.0. The van der Waals surface area contributed by atoms with Crippen molar-refractivity contribution in [3.8, 4) is 11.8 Å². The summed E-state index contributed by atoms with van der Waals surface area (Å²) in [7, 11) is 2.19. The van der Waals surface area contributed by atoms with Crippen molar-refractivity contribution in [2.24, 2.45) is 0 Å². The molecule has 0 aliphatic heterocycles. The van der Waals surface area contributed by atoms with Gasteiger partial charge in [0.2, 0.25) is 0 Å². The highest BCUT2D eigenvalue weighted by atomic mass is 32.2. The van der Waals surface area contributed by atoms with E-state index < -0.39 is 0 Å². The lowest BCUT2D eigenvalue weighted by Gasteiger charge is -2.26. The molecule has 0 N–H and O–H groups in total. The molecule has 0 saturated carbocycles. The van der Waals surface area contributed by atoms with E-state index in [1.807, 2.05) is 23.9 Å². The minimum absolute atomic E-state index is 0.653. The van der Waals surface area contributed by atoms with Crippen LogP contribution in [0, 0.1) is 11.3 Å². The Kier molecular flexibility index (Phi) is 8.17. The second-order valence-electron chi connectivity index (χ2n) is 4.84. The van der Waals surface area contributed by atoms with Crippen LogP contribution in [0.15, 0.2) is 24.3 Å². The van der Waals surface area contributed by atoms with Gasteiger partial charge in [-0.1, -0.05) is 6.92 Å². The molecule has 0 aliphatic carbocycles. The number of nitriles is 1. The SMILES string of the molecule is CCC(CSC)N(C)CCCOc1ccc(C#N)cc1. The zero-order valence-corrected chi connectivity index (χ0v) is 13.4. The number of hydrogen-bond acceptors (Lipinski definition) is 4. The summed E-state index contributed by atoms with van der Waals surface area (Å²) in [6.45, 7) is 4.01. The summed E-state index contributed by atoms with van der Waals surface area (Å²) >= 11 is 1.90.